The average molecular weight is 642 g/mol. The molecule has 0 radical (unpaired) electrons. The summed E-state index contributed by atoms with van der Waals surface area (Å²) in [5.41, 5.74) is 1.19. The van der Waals surface area contributed by atoms with E-state index in [4.69, 9.17) is 27.9 Å². The molecule has 8 heteroatoms. The van der Waals surface area contributed by atoms with Crippen molar-refractivity contribution in [2.24, 2.45) is 0 Å². The molecule has 0 bridgehead atoms. The van der Waals surface area contributed by atoms with Crippen LogP contribution >= 0.6 is 23.2 Å². The van der Waals surface area contributed by atoms with Gasteiger partial charge in [0.1, 0.15) is 23.4 Å². The van der Waals surface area contributed by atoms with Crippen molar-refractivity contribution in [3.8, 4) is 0 Å². The Labute approximate surface area is 271 Å². The summed E-state index contributed by atoms with van der Waals surface area (Å²) < 4.78 is 22.9. The number of anilines is 1. The molecule has 2 saturated heterocycles. The van der Waals surface area contributed by atoms with Crippen LogP contribution in [0.1, 0.15) is 72.4 Å². The molecule has 2 unspecified atom stereocenters. The van der Waals surface area contributed by atoms with Crippen LogP contribution in [0.25, 0.3) is 0 Å². The molecule has 0 aromatic heterocycles. The van der Waals surface area contributed by atoms with Crippen molar-refractivity contribution < 1.29 is 18.7 Å². The standard InChI is InChI=1S/C37H31Cl2FN2O3/c38-24-17-18-26-28(21-24)41-35(44)37(26)29(25-15-10-16-27(39)30(25)40)32-34(43)45-33(23-13-6-2-7-14-23)31(22-11-4-1-5-12-22)42(32)36(37)19-8-3-9-20-36/h1-2,4-7,10-18,21,29,31-33H,3,8-9,19-20H2,(H,41,44)/t29?,31-,32-,33+,37?/m1/s1. The number of nitrogens with zero attached hydrogens (tertiary/aromatic N) is 1. The van der Waals surface area contributed by atoms with Crippen LogP contribution in [0, 0.1) is 5.82 Å². The van der Waals surface area contributed by atoms with Crippen molar-refractivity contribution in [1.82, 2.24) is 4.90 Å². The molecule has 4 aliphatic rings. The number of hydrogen-bond donors (Lipinski definition) is 1. The van der Waals surface area contributed by atoms with Crippen molar-refractivity contribution in [1.29, 1.82) is 0 Å². The summed E-state index contributed by atoms with van der Waals surface area (Å²) in [4.78, 5) is 31.9. The van der Waals surface area contributed by atoms with E-state index in [2.05, 4.69) is 22.3 Å². The summed E-state index contributed by atoms with van der Waals surface area (Å²) in [7, 11) is 0. The summed E-state index contributed by atoms with van der Waals surface area (Å²) in [6.45, 7) is 0. The number of halogens is 3. The van der Waals surface area contributed by atoms with Crippen molar-refractivity contribution in [3.63, 3.8) is 0 Å². The number of ether oxygens (including phenoxy) is 1. The van der Waals surface area contributed by atoms with Crippen LogP contribution in [0.15, 0.2) is 97.1 Å². The van der Waals surface area contributed by atoms with E-state index in [9.17, 15) is 9.59 Å². The molecular weight excluding hydrogens is 610 g/mol. The highest BCUT2D eigenvalue weighted by Gasteiger charge is 2.78. The molecule has 5 atom stereocenters. The van der Waals surface area contributed by atoms with Gasteiger partial charge in [-0.25, -0.2) is 4.39 Å². The Morgan fingerprint density at radius 3 is 2.20 bits per heavy atom. The van der Waals surface area contributed by atoms with Crippen molar-refractivity contribution >= 4 is 40.8 Å². The van der Waals surface area contributed by atoms with E-state index in [1.165, 1.54) is 6.07 Å². The molecule has 1 aliphatic carbocycles. The van der Waals surface area contributed by atoms with Gasteiger partial charge in [0.25, 0.3) is 0 Å². The van der Waals surface area contributed by atoms with Crippen LogP contribution in [0.3, 0.4) is 0 Å². The van der Waals surface area contributed by atoms with E-state index in [1.54, 1.807) is 24.3 Å². The lowest BCUT2D eigenvalue weighted by Crippen LogP contribution is -2.63. The molecule has 228 valence electrons. The largest absolute Gasteiger partial charge is 0.454 e. The first-order valence-corrected chi connectivity index (χ1v) is 16.3. The quantitative estimate of drug-likeness (QED) is 0.228. The van der Waals surface area contributed by atoms with Crippen LogP contribution < -0.4 is 5.32 Å². The molecular formula is C37H31Cl2FN2O3. The third-order valence-electron chi connectivity index (χ3n) is 10.7. The van der Waals surface area contributed by atoms with E-state index < -0.39 is 46.8 Å². The van der Waals surface area contributed by atoms with Gasteiger partial charge in [0, 0.05) is 22.2 Å². The zero-order valence-electron chi connectivity index (χ0n) is 24.4. The van der Waals surface area contributed by atoms with Gasteiger partial charge in [-0.3, -0.25) is 14.5 Å². The van der Waals surface area contributed by atoms with Crippen LogP contribution in [-0.4, -0.2) is 28.4 Å². The zero-order chi connectivity index (χ0) is 30.9. The molecule has 1 amide bonds. The minimum atomic E-state index is -1.33. The van der Waals surface area contributed by atoms with E-state index >= 15 is 4.39 Å². The van der Waals surface area contributed by atoms with E-state index in [-0.39, 0.29) is 16.5 Å². The van der Waals surface area contributed by atoms with Gasteiger partial charge in [-0.15, -0.1) is 0 Å². The van der Waals surface area contributed by atoms with Crippen LogP contribution in [0.4, 0.5) is 10.1 Å². The molecule has 3 aliphatic heterocycles. The first-order chi connectivity index (χ1) is 21.9. The smallest absolute Gasteiger partial charge is 0.324 e. The van der Waals surface area contributed by atoms with Crippen LogP contribution in [0.5, 0.6) is 0 Å². The lowest BCUT2D eigenvalue weighted by atomic mass is 9.55. The lowest BCUT2D eigenvalue weighted by molar-refractivity contribution is -0.183. The number of hydrogen-bond acceptors (Lipinski definition) is 4. The van der Waals surface area contributed by atoms with Crippen molar-refractivity contribution in [2.75, 3.05) is 5.32 Å². The minimum absolute atomic E-state index is 0.0560. The number of nitrogens with one attached hydrogen (secondary N) is 1. The number of fused-ring (bicyclic) bond motifs is 5. The molecule has 3 fully saturated rings. The fourth-order valence-electron chi connectivity index (χ4n) is 9.16. The Bertz CT molecular complexity index is 1810. The highest BCUT2D eigenvalue weighted by atomic mass is 35.5. The lowest BCUT2D eigenvalue weighted by Gasteiger charge is -2.55. The maximum Gasteiger partial charge on any atom is 0.324 e. The number of carbonyl (C=O) groups is 2. The Kier molecular flexibility index (Phi) is 6.83. The summed E-state index contributed by atoms with van der Waals surface area (Å²) in [5.74, 6) is -2.28. The van der Waals surface area contributed by atoms with Gasteiger partial charge >= 0.3 is 5.97 Å². The van der Waals surface area contributed by atoms with Gasteiger partial charge in [-0.05, 0) is 53.3 Å². The second-order valence-corrected chi connectivity index (χ2v) is 13.5. The van der Waals surface area contributed by atoms with Gasteiger partial charge in [0.2, 0.25) is 5.91 Å². The van der Waals surface area contributed by atoms with Crippen molar-refractivity contribution in [2.45, 2.75) is 67.2 Å². The number of cyclic esters (lactones) is 1. The number of carbonyl (C=O) groups excluding carboxylic acids is 2. The predicted octanol–water partition coefficient (Wildman–Crippen LogP) is 8.53. The monoisotopic (exact) mass is 640 g/mol. The molecule has 45 heavy (non-hydrogen) atoms. The second kappa shape index (κ2) is 10.7. The topological polar surface area (TPSA) is 58.6 Å². The van der Waals surface area contributed by atoms with Gasteiger partial charge in [0.05, 0.1) is 11.1 Å². The third kappa shape index (κ3) is 3.95. The number of rotatable bonds is 3. The number of morpholine rings is 1. The molecule has 2 spiro atoms. The summed E-state index contributed by atoms with van der Waals surface area (Å²) in [6.07, 6.45) is 3.37. The molecule has 3 heterocycles. The number of benzene rings is 4. The van der Waals surface area contributed by atoms with Crippen LogP contribution in [0.2, 0.25) is 10.0 Å². The van der Waals surface area contributed by atoms with E-state index in [0.717, 1.165) is 36.0 Å². The zero-order valence-corrected chi connectivity index (χ0v) is 25.9. The first kappa shape index (κ1) is 28.7. The van der Waals surface area contributed by atoms with E-state index in [1.807, 2.05) is 54.6 Å². The molecule has 1 saturated carbocycles. The third-order valence-corrected chi connectivity index (χ3v) is 11.2. The average Bonchev–Trinajstić information content (AvgIpc) is 3.49. The maximum atomic E-state index is 16.4. The van der Waals surface area contributed by atoms with Crippen LogP contribution in [-0.2, 0) is 19.7 Å². The number of amides is 1. The fraction of sp³-hybridized carbons (Fsp3) is 0.297. The molecule has 4 aromatic rings. The predicted molar refractivity (Wildman–Crippen MR) is 172 cm³/mol. The second-order valence-electron chi connectivity index (χ2n) is 12.6. The SMILES string of the molecule is O=C1O[C@@H](c2ccccc2)[C@@H](c2ccccc2)N2[C@@H]1C(c1cccc(Cl)c1F)C1(C(=O)Nc3cc(Cl)ccc31)C21CCCCC1. The Balaban J connectivity index is 1.49. The molecule has 4 aromatic carbocycles. The molecule has 8 rings (SSSR count). The normalized spacial score (nSPS) is 28.5. The summed E-state index contributed by atoms with van der Waals surface area (Å²) in [6, 6.07) is 28.7. The summed E-state index contributed by atoms with van der Waals surface area (Å²) in [5, 5.41) is 3.57. The van der Waals surface area contributed by atoms with Gasteiger partial charge in [-0.1, -0.05) is 121 Å². The maximum absolute atomic E-state index is 16.4. The Hall–Kier alpha value is -3.71. The van der Waals surface area contributed by atoms with E-state index in [0.29, 0.717) is 23.6 Å². The Morgan fingerprint density at radius 1 is 0.800 bits per heavy atom. The fourth-order valence-corrected chi connectivity index (χ4v) is 9.51. The molecule has 1 N–H and O–H groups in total. The summed E-state index contributed by atoms with van der Waals surface area (Å²) >= 11 is 12.9. The Morgan fingerprint density at radius 2 is 1.49 bits per heavy atom. The van der Waals surface area contributed by atoms with Gasteiger partial charge in [-0.2, -0.15) is 0 Å². The van der Waals surface area contributed by atoms with Gasteiger partial charge in [0.15, 0.2) is 0 Å². The highest BCUT2D eigenvalue weighted by molar-refractivity contribution is 6.31. The van der Waals surface area contributed by atoms with Gasteiger partial charge < -0.3 is 10.1 Å². The van der Waals surface area contributed by atoms with Crippen molar-refractivity contribution in [3.05, 3.63) is 135 Å². The minimum Gasteiger partial charge on any atom is -0.454 e. The molecule has 5 nitrogen and oxygen atoms in total. The first-order valence-electron chi connectivity index (χ1n) is 15.5. The number of esters is 1. The highest BCUT2D eigenvalue weighted by Crippen LogP contribution is 2.70.